The number of nitrogens with two attached hydrogens (primary N) is 1. The minimum absolute atomic E-state index is 0. The summed E-state index contributed by atoms with van der Waals surface area (Å²) in [7, 11) is 1.00. The van der Waals surface area contributed by atoms with E-state index in [-0.39, 0.29) is 24.2 Å². The molecule has 0 atom stereocenters. The van der Waals surface area contributed by atoms with Gasteiger partial charge in [0.25, 0.3) is 0 Å². The van der Waals surface area contributed by atoms with Crippen LogP contribution in [-0.2, 0) is 4.79 Å². The maximum atomic E-state index is 10.4. The number of aliphatic hydroxyl groups excluding tert-OH is 1. The largest absolute Gasteiger partial charge is 0.412 e. The SMILES string of the molecule is CO.NCC(=O)CC(Cl)(Cl)Cl.O. The van der Waals surface area contributed by atoms with Crippen LogP contribution in [0.1, 0.15) is 6.42 Å². The number of hydrogen-bond donors (Lipinski definition) is 2. The summed E-state index contributed by atoms with van der Waals surface area (Å²) in [6.07, 6.45) is -0.117. The fourth-order valence-electron chi connectivity index (χ4n) is 0.296. The van der Waals surface area contributed by atoms with Crippen molar-refractivity contribution in [3.05, 3.63) is 0 Å². The first kappa shape index (κ1) is 18.3. The second-order valence-corrected chi connectivity index (χ2v) is 4.05. The van der Waals surface area contributed by atoms with Crippen molar-refractivity contribution in [1.82, 2.24) is 0 Å². The Labute approximate surface area is 85.9 Å². The van der Waals surface area contributed by atoms with E-state index in [1.165, 1.54) is 0 Å². The molecule has 0 fully saturated rings. The van der Waals surface area contributed by atoms with E-state index < -0.39 is 3.79 Å². The normalized spacial score (nSPS) is 9.17. The smallest absolute Gasteiger partial charge is 0.197 e. The Morgan fingerprint density at radius 1 is 1.42 bits per heavy atom. The molecule has 0 spiro atoms. The molecule has 0 aromatic rings. The number of halogens is 3. The molecule has 5 N–H and O–H groups in total. The van der Waals surface area contributed by atoms with Crippen molar-refractivity contribution >= 4 is 40.6 Å². The molecule has 0 aliphatic rings. The minimum atomic E-state index is -1.49. The number of Topliss-reactive ketones (excluding diaryl/α,β-unsaturated/α-hetero) is 1. The van der Waals surface area contributed by atoms with Gasteiger partial charge in [-0.3, -0.25) is 4.79 Å². The number of alkyl halides is 3. The van der Waals surface area contributed by atoms with E-state index in [2.05, 4.69) is 0 Å². The third-order valence-electron chi connectivity index (χ3n) is 0.625. The van der Waals surface area contributed by atoms with Gasteiger partial charge in [0.2, 0.25) is 0 Å². The van der Waals surface area contributed by atoms with Crippen molar-refractivity contribution in [2.75, 3.05) is 13.7 Å². The van der Waals surface area contributed by atoms with Crippen molar-refractivity contribution in [1.29, 1.82) is 0 Å². The van der Waals surface area contributed by atoms with Crippen molar-refractivity contribution in [2.24, 2.45) is 5.73 Å². The molecule has 0 amide bonds. The first-order valence-electron chi connectivity index (χ1n) is 2.69. The summed E-state index contributed by atoms with van der Waals surface area (Å²) >= 11 is 15.8. The molecule has 0 saturated heterocycles. The van der Waals surface area contributed by atoms with E-state index in [1.54, 1.807) is 0 Å². The van der Waals surface area contributed by atoms with Crippen molar-refractivity contribution in [3.63, 3.8) is 0 Å². The molecule has 0 bridgehead atoms. The second kappa shape index (κ2) is 9.51. The summed E-state index contributed by atoms with van der Waals surface area (Å²) in [5.74, 6) is -0.255. The molecule has 0 rings (SSSR count). The van der Waals surface area contributed by atoms with Crippen molar-refractivity contribution in [3.8, 4) is 0 Å². The molecular formula is C5H12Cl3NO3. The number of hydrogen-bond acceptors (Lipinski definition) is 3. The van der Waals surface area contributed by atoms with Gasteiger partial charge >= 0.3 is 0 Å². The summed E-state index contributed by atoms with van der Waals surface area (Å²) < 4.78 is -1.49. The fraction of sp³-hybridized carbons (Fsp3) is 0.800. The first-order chi connectivity index (χ1) is 4.95. The quantitative estimate of drug-likeness (QED) is 0.668. The lowest BCUT2D eigenvalue weighted by atomic mass is 10.3. The summed E-state index contributed by atoms with van der Waals surface area (Å²) in [6.45, 7) is -0.0755. The zero-order chi connectivity index (χ0) is 9.49. The predicted molar refractivity (Wildman–Crippen MR) is 50.7 cm³/mol. The van der Waals surface area contributed by atoms with Crippen LogP contribution in [0.3, 0.4) is 0 Å². The van der Waals surface area contributed by atoms with Crippen LogP contribution in [0.2, 0.25) is 0 Å². The highest BCUT2D eigenvalue weighted by Gasteiger charge is 2.22. The highest BCUT2D eigenvalue weighted by Crippen LogP contribution is 2.29. The van der Waals surface area contributed by atoms with Gasteiger partial charge in [-0.2, -0.15) is 0 Å². The van der Waals surface area contributed by atoms with Crippen molar-refractivity contribution < 1.29 is 15.4 Å². The zero-order valence-electron chi connectivity index (χ0n) is 6.48. The average molecular weight is 241 g/mol. The van der Waals surface area contributed by atoms with E-state index in [0.29, 0.717) is 0 Å². The van der Waals surface area contributed by atoms with Crippen LogP contribution >= 0.6 is 34.8 Å². The number of carbonyl (C=O) groups excluding carboxylic acids is 1. The van der Waals surface area contributed by atoms with Crippen LogP contribution in [0.25, 0.3) is 0 Å². The van der Waals surface area contributed by atoms with Gasteiger partial charge < -0.3 is 16.3 Å². The Bertz CT molecular complexity index is 115. The lowest BCUT2D eigenvalue weighted by Crippen LogP contribution is -2.19. The van der Waals surface area contributed by atoms with Crippen LogP contribution in [-0.4, -0.2) is 33.8 Å². The molecule has 0 radical (unpaired) electrons. The lowest BCUT2D eigenvalue weighted by molar-refractivity contribution is -0.117. The Morgan fingerprint density at radius 2 is 1.75 bits per heavy atom. The number of carbonyl (C=O) groups is 1. The maximum absolute atomic E-state index is 10.4. The van der Waals surface area contributed by atoms with Gasteiger partial charge in [-0.1, -0.05) is 34.8 Å². The van der Waals surface area contributed by atoms with Crippen molar-refractivity contribution in [2.45, 2.75) is 10.2 Å². The molecule has 0 saturated carbocycles. The molecule has 0 aliphatic carbocycles. The molecule has 0 unspecified atom stereocenters. The Kier molecular flexibility index (Phi) is 14.5. The summed E-state index contributed by atoms with van der Waals surface area (Å²) in [5.41, 5.74) is 4.95. The molecule has 7 heteroatoms. The van der Waals surface area contributed by atoms with Gasteiger partial charge in [-0.25, -0.2) is 0 Å². The van der Waals surface area contributed by atoms with Crippen LogP contribution in [0.4, 0.5) is 0 Å². The Balaban J connectivity index is -0.000000249. The van der Waals surface area contributed by atoms with Gasteiger partial charge in [0.05, 0.1) is 13.0 Å². The maximum Gasteiger partial charge on any atom is 0.197 e. The summed E-state index contributed by atoms with van der Waals surface area (Å²) in [6, 6.07) is 0. The van der Waals surface area contributed by atoms with E-state index in [9.17, 15) is 4.79 Å². The van der Waals surface area contributed by atoms with Gasteiger partial charge in [-0.05, 0) is 0 Å². The number of ketones is 1. The van der Waals surface area contributed by atoms with Gasteiger partial charge in [0.15, 0.2) is 9.58 Å². The average Bonchev–Trinajstić information content (AvgIpc) is 1.89. The fourth-order valence-corrected chi connectivity index (χ4v) is 0.743. The molecule has 76 valence electrons. The number of aliphatic hydroxyl groups is 1. The predicted octanol–water partition coefficient (Wildman–Crippen LogP) is 0.0583. The third-order valence-corrected chi connectivity index (χ3v) is 1.03. The lowest BCUT2D eigenvalue weighted by Gasteiger charge is -2.06. The molecule has 0 aromatic carbocycles. The van der Waals surface area contributed by atoms with Crippen LogP contribution in [0.5, 0.6) is 0 Å². The highest BCUT2D eigenvalue weighted by molar-refractivity contribution is 6.68. The molecule has 12 heavy (non-hydrogen) atoms. The molecular weight excluding hydrogens is 228 g/mol. The standard InChI is InChI=1S/C4H6Cl3NO.CH4O.H2O/c5-4(6,7)1-3(9)2-8;1-2;/h1-2,8H2;2H,1H3;1H2. The molecule has 0 heterocycles. The molecule has 0 aliphatic heterocycles. The van der Waals surface area contributed by atoms with Gasteiger partial charge in [0, 0.05) is 7.11 Å². The Hall–Kier alpha value is 0.420. The molecule has 4 nitrogen and oxygen atoms in total. The topological polar surface area (TPSA) is 94.8 Å². The zero-order valence-corrected chi connectivity index (χ0v) is 8.75. The van der Waals surface area contributed by atoms with E-state index in [1.807, 2.05) is 0 Å². The van der Waals surface area contributed by atoms with E-state index >= 15 is 0 Å². The third kappa shape index (κ3) is 16.8. The second-order valence-electron chi connectivity index (χ2n) is 1.53. The monoisotopic (exact) mass is 239 g/mol. The van der Waals surface area contributed by atoms with E-state index in [0.717, 1.165) is 7.11 Å². The summed E-state index contributed by atoms with van der Waals surface area (Å²) in [5, 5.41) is 7.00. The Morgan fingerprint density at radius 3 is 1.83 bits per heavy atom. The number of rotatable bonds is 2. The minimum Gasteiger partial charge on any atom is -0.412 e. The first-order valence-corrected chi connectivity index (χ1v) is 3.82. The highest BCUT2D eigenvalue weighted by atomic mass is 35.6. The van der Waals surface area contributed by atoms with Crippen LogP contribution in [0, 0.1) is 0 Å². The van der Waals surface area contributed by atoms with E-state index in [4.69, 9.17) is 45.6 Å². The summed E-state index contributed by atoms with van der Waals surface area (Å²) in [4.78, 5) is 10.4. The van der Waals surface area contributed by atoms with Crippen LogP contribution < -0.4 is 5.73 Å². The van der Waals surface area contributed by atoms with Gasteiger partial charge in [-0.15, -0.1) is 0 Å². The van der Waals surface area contributed by atoms with Gasteiger partial charge in [0.1, 0.15) is 0 Å². The molecule has 0 aromatic heterocycles. The van der Waals surface area contributed by atoms with Crippen LogP contribution in [0.15, 0.2) is 0 Å².